The zero-order valence-electron chi connectivity index (χ0n) is 5.39. The summed E-state index contributed by atoms with van der Waals surface area (Å²) >= 11 is 0. The minimum atomic E-state index is -0.208. The standard InChI is InChI=1S/C6H12N2O/c7-5-1-3-8-4-2-6(5)9/h5,8H,1-4,7H2. The van der Waals surface area contributed by atoms with Crippen molar-refractivity contribution in [3.8, 4) is 0 Å². The van der Waals surface area contributed by atoms with Crippen LogP contribution in [0.3, 0.4) is 0 Å². The molecule has 0 bridgehead atoms. The second-order valence-corrected chi connectivity index (χ2v) is 2.36. The van der Waals surface area contributed by atoms with E-state index in [1.54, 1.807) is 0 Å². The number of Topliss-reactive ketones (excluding diaryl/α,β-unsaturated/α-hetero) is 1. The Kier molecular flexibility index (Phi) is 2.19. The molecule has 1 aliphatic rings. The van der Waals surface area contributed by atoms with Gasteiger partial charge in [-0.3, -0.25) is 4.79 Å². The minimum Gasteiger partial charge on any atom is -0.321 e. The highest BCUT2D eigenvalue weighted by Crippen LogP contribution is 1.96. The molecule has 0 aliphatic carbocycles. The highest BCUT2D eigenvalue weighted by molar-refractivity contribution is 5.84. The van der Waals surface area contributed by atoms with Crippen LogP contribution in [-0.4, -0.2) is 24.9 Å². The first-order valence-corrected chi connectivity index (χ1v) is 3.30. The monoisotopic (exact) mass is 128 g/mol. The summed E-state index contributed by atoms with van der Waals surface area (Å²) in [6.07, 6.45) is 1.39. The van der Waals surface area contributed by atoms with Gasteiger partial charge in [-0.25, -0.2) is 0 Å². The Bertz CT molecular complexity index is 114. The lowest BCUT2D eigenvalue weighted by molar-refractivity contribution is -0.119. The Morgan fingerprint density at radius 3 is 3.11 bits per heavy atom. The first kappa shape index (κ1) is 6.71. The van der Waals surface area contributed by atoms with E-state index in [1.807, 2.05) is 0 Å². The van der Waals surface area contributed by atoms with Gasteiger partial charge in [-0.05, 0) is 13.0 Å². The summed E-state index contributed by atoms with van der Waals surface area (Å²) in [4.78, 5) is 10.8. The number of carbonyl (C=O) groups is 1. The molecule has 52 valence electrons. The molecular weight excluding hydrogens is 116 g/mol. The van der Waals surface area contributed by atoms with Crippen LogP contribution in [0.2, 0.25) is 0 Å². The molecule has 1 rings (SSSR count). The zero-order chi connectivity index (χ0) is 6.69. The molecule has 9 heavy (non-hydrogen) atoms. The average molecular weight is 128 g/mol. The maximum Gasteiger partial charge on any atom is 0.150 e. The number of rotatable bonds is 0. The van der Waals surface area contributed by atoms with E-state index < -0.39 is 0 Å². The summed E-state index contributed by atoms with van der Waals surface area (Å²) in [6, 6.07) is -0.208. The smallest absolute Gasteiger partial charge is 0.150 e. The van der Waals surface area contributed by atoms with Gasteiger partial charge in [-0.15, -0.1) is 0 Å². The van der Waals surface area contributed by atoms with Crippen LogP contribution < -0.4 is 11.1 Å². The summed E-state index contributed by atoms with van der Waals surface area (Å²) in [5.41, 5.74) is 5.49. The third-order valence-corrected chi connectivity index (χ3v) is 1.59. The Morgan fingerprint density at radius 2 is 2.33 bits per heavy atom. The molecule has 0 aromatic heterocycles. The maximum atomic E-state index is 10.8. The Hall–Kier alpha value is -0.410. The van der Waals surface area contributed by atoms with Gasteiger partial charge < -0.3 is 11.1 Å². The molecule has 3 nitrogen and oxygen atoms in total. The molecular formula is C6H12N2O. The molecule has 0 aromatic rings. The SMILES string of the molecule is NC1CCNCCC1=O. The van der Waals surface area contributed by atoms with Gasteiger partial charge in [-0.1, -0.05) is 0 Å². The van der Waals surface area contributed by atoms with Gasteiger partial charge >= 0.3 is 0 Å². The normalized spacial score (nSPS) is 29.9. The van der Waals surface area contributed by atoms with Crippen LogP contribution in [0, 0.1) is 0 Å². The lowest BCUT2D eigenvalue weighted by Crippen LogP contribution is -2.29. The van der Waals surface area contributed by atoms with Crippen LogP contribution >= 0.6 is 0 Å². The number of nitrogens with one attached hydrogen (secondary N) is 1. The molecule has 0 spiro atoms. The molecule has 3 heteroatoms. The second-order valence-electron chi connectivity index (χ2n) is 2.36. The summed E-state index contributed by atoms with van der Waals surface area (Å²) in [5.74, 6) is 0.194. The van der Waals surface area contributed by atoms with Gasteiger partial charge in [0.25, 0.3) is 0 Å². The largest absolute Gasteiger partial charge is 0.321 e. The highest BCUT2D eigenvalue weighted by atomic mass is 16.1. The fourth-order valence-electron chi connectivity index (χ4n) is 0.941. The van der Waals surface area contributed by atoms with Crippen molar-refractivity contribution in [3.05, 3.63) is 0 Å². The summed E-state index contributed by atoms with van der Waals surface area (Å²) < 4.78 is 0. The third kappa shape index (κ3) is 1.77. The average Bonchev–Trinajstić information content (AvgIpc) is 1.99. The van der Waals surface area contributed by atoms with Gasteiger partial charge in [0.15, 0.2) is 5.78 Å². The van der Waals surface area contributed by atoms with Gasteiger partial charge in [0.05, 0.1) is 6.04 Å². The third-order valence-electron chi connectivity index (χ3n) is 1.59. The molecule has 1 saturated heterocycles. The predicted octanol–water partition coefficient (Wildman–Crippen LogP) is -0.734. The lowest BCUT2D eigenvalue weighted by Gasteiger charge is -2.02. The number of hydrogen-bond acceptors (Lipinski definition) is 3. The van der Waals surface area contributed by atoms with E-state index in [4.69, 9.17) is 5.73 Å². The van der Waals surface area contributed by atoms with Crippen molar-refractivity contribution in [2.75, 3.05) is 13.1 Å². The van der Waals surface area contributed by atoms with Gasteiger partial charge in [0.1, 0.15) is 0 Å². The summed E-state index contributed by atoms with van der Waals surface area (Å²) in [7, 11) is 0. The van der Waals surface area contributed by atoms with E-state index >= 15 is 0 Å². The van der Waals surface area contributed by atoms with E-state index in [0.717, 1.165) is 19.5 Å². The van der Waals surface area contributed by atoms with E-state index in [2.05, 4.69) is 5.32 Å². The number of hydrogen-bond donors (Lipinski definition) is 2. The molecule has 1 atom stereocenters. The molecule has 1 heterocycles. The van der Waals surface area contributed by atoms with Crippen molar-refractivity contribution >= 4 is 5.78 Å². The van der Waals surface area contributed by atoms with Crippen molar-refractivity contribution in [1.29, 1.82) is 0 Å². The van der Waals surface area contributed by atoms with Gasteiger partial charge in [0.2, 0.25) is 0 Å². The van der Waals surface area contributed by atoms with Crippen molar-refractivity contribution in [1.82, 2.24) is 5.32 Å². The van der Waals surface area contributed by atoms with Gasteiger partial charge in [0, 0.05) is 13.0 Å². The fraction of sp³-hybridized carbons (Fsp3) is 0.833. The Labute approximate surface area is 54.6 Å². The number of carbonyl (C=O) groups excluding carboxylic acids is 1. The van der Waals surface area contributed by atoms with Crippen molar-refractivity contribution in [2.24, 2.45) is 5.73 Å². The first-order chi connectivity index (χ1) is 4.30. The number of nitrogens with two attached hydrogens (primary N) is 1. The molecule has 3 N–H and O–H groups in total. The molecule has 1 unspecified atom stereocenters. The lowest BCUT2D eigenvalue weighted by atomic mass is 10.1. The number of ketones is 1. The predicted molar refractivity (Wildman–Crippen MR) is 35.1 cm³/mol. The van der Waals surface area contributed by atoms with E-state index in [0.29, 0.717) is 6.42 Å². The Balaban J connectivity index is 2.41. The van der Waals surface area contributed by atoms with Crippen molar-refractivity contribution in [2.45, 2.75) is 18.9 Å². The van der Waals surface area contributed by atoms with E-state index in [1.165, 1.54) is 0 Å². The molecule has 0 radical (unpaired) electrons. The molecule has 1 fully saturated rings. The van der Waals surface area contributed by atoms with Crippen LogP contribution in [0.4, 0.5) is 0 Å². The van der Waals surface area contributed by atoms with Crippen LogP contribution in [0.1, 0.15) is 12.8 Å². The maximum absolute atomic E-state index is 10.8. The topological polar surface area (TPSA) is 55.1 Å². The first-order valence-electron chi connectivity index (χ1n) is 3.30. The molecule has 0 amide bonds. The van der Waals surface area contributed by atoms with Crippen LogP contribution in [0.15, 0.2) is 0 Å². The Morgan fingerprint density at radius 1 is 1.56 bits per heavy atom. The molecule has 0 aromatic carbocycles. The summed E-state index contributed by atoms with van der Waals surface area (Å²) in [6.45, 7) is 1.68. The van der Waals surface area contributed by atoms with Crippen molar-refractivity contribution in [3.63, 3.8) is 0 Å². The second kappa shape index (κ2) is 2.94. The van der Waals surface area contributed by atoms with E-state index in [9.17, 15) is 4.79 Å². The quantitative estimate of drug-likeness (QED) is 0.452. The van der Waals surface area contributed by atoms with Crippen LogP contribution in [0.5, 0.6) is 0 Å². The summed E-state index contributed by atoms with van der Waals surface area (Å²) in [5, 5.41) is 3.11. The van der Waals surface area contributed by atoms with E-state index in [-0.39, 0.29) is 11.8 Å². The van der Waals surface area contributed by atoms with Crippen LogP contribution in [0.25, 0.3) is 0 Å². The zero-order valence-corrected chi connectivity index (χ0v) is 5.39. The van der Waals surface area contributed by atoms with Crippen LogP contribution in [-0.2, 0) is 4.79 Å². The van der Waals surface area contributed by atoms with Gasteiger partial charge in [-0.2, -0.15) is 0 Å². The minimum absolute atomic E-state index is 0.194. The molecule has 0 saturated carbocycles. The fourth-order valence-corrected chi connectivity index (χ4v) is 0.941. The van der Waals surface area contributed by atoms with Crippen molar-refractivity contribution < 1.29 is 4.79 Å². The molecule has 1 aliphatic heterocycles. The highest BCUT2D eigenvalue weighted by Gasteiger charge is 2.14.